The zero-order valence-corrected chi connectivity index (χ0v) is 19.2. The van der Waals surface area contributed by atoms with Crippen LogP contribution in [0, 0.1) is 23.7 Å². The molecule has 1 aromatic rings. The Kier molecular flexibility index (Phi) is 10.9. The van der Waals surface area contributed by atoms with E-state index in [-0.39, 0.29) is 30.3 Å². The minimum absolute atomic E-state index is 0. The number of carbonyl (C=O) groups excluding carboxylic acids is 2. The lowest BCUT2D eigenvalue weighted by Crippen LogP contribution is -2.45. The summed E-state index contributed by atoms with van der Waals surface area (Å²) in [4.78, 5) is 25.3. The van der Waals surface area contributed by atoms with Gasteiger partial charge in [0.1, 0.15) is 5.78 Å². The van der Waals surface area contributed by atoms with Gasteiger partial charge in [0.05, 0.1) is 6.04 Å². The number of benzene rings is 1. The maximum absolute atomic E-state index is 13.1. The van der Waals surface area contributed by atoms with E-state index in [1.165, 1.54) is 6.42 Å². The third-order valence-electron chi connectivity index (χ3n) is 6.26. The van der Waals surface area contributed by atoms with Gasteiger partial charge in [-0.2, -0.15) is 0 Å². The fourth-order valence-electron chi connectivity index (χ4n) is 4.53. The number of rotatable bonds is 9. The summed E-state index contributed by atoms with van der Waals surface area (Å²) in [5, 5.41) is 3.05. The van der Waals surface area contributed by atoms with E-state index in [2.05, 4.69) is 38.2 Å². The van der Waals surface area contributed by atoms with Gasteiger partial charge in [-0.3, -0.25) is 9.59 Å². The fourth-order valence-corrected chi connectivity index (χ4v) is 4.53. The molecule has 5 atom stereocenters. The van der Waals surface area contributed by atoms with Crippen molar-refractivity contribution in [2.75, 3.05) is 0 Å². The van der Waals surface area contributed by atoms with Gasteiger partial charge in [0.25, 0.3) is 0 Å². The van der Waals surface area contributed by atoms with Crippen molar-refractivity contribution in [2.45, 2.75) is 78.3 Å². The molecular formula is C24H39ClN2O2. The van der Waals surface area contributed by atoms with E-state index < -0.39 is 6.04 Å². The summed E-state index contributed by atoms with van der Waals surface area (Å²) in [6.45, 7) is 8.43. The first kappa shape index (κ1) is 25.6. The summed E-state index contributed by atoms with van der Waals surface area (Å²) in [6, 6.07) is 9.50. The Morgan fingerprint density at radius 2 is 1.79 bits per heavy atom. The molecule has 0 aliphatic heterocycles. The summed E-state index contributed by atoms with van der Waals surface area (Å²) >= 11 is 0. The predicted molar refractivity (Wildman–Crippen MR) is 122 cm³/mol. The molecule has 164 valence electrons. The van der Waals surface area contributed by atoms with E-state index in [0.29, 0.717) is 36.4 Å². The second kappa shape index (κ2) is 12.3. The van der Waals surface area contributed by atoms with Crippen molar-refractivity contribution in [2.24, 2.45) is 29.4 Å². The number of ketones is 1. The van der Waals surface area contributed by atoms with Crippen LogP contribution in [0.2, 0.25) is 0 Å². The molecule has 2 rings (SSSR count). The summed E-state index contributed by atoms with van der Waals surface area (Å²) < 4.78 is 0. The van der Waals surface area contributed by atoms with Crippen LogP contribution in [0.15, 0.2) is 30.3 Å². The molecule has 5 heteroatoms. The number of hydrogen-bond donors (Lipinski definition) is 2. The molecule has 1 amide bonds. The number of carbonyl (C=O) groups is 2. The third-order valence-corrected chi connectivity index (χ3v) is 6.26. The molecule has 29 heavy (non-hydrogen) atoms. The average Bonchev–Trinajstić information content (AvgIpc) is 2.66. The zero-order chi connectivity index (χ0) is 20.7. The summed E-state index contributed by atoms with van der Waals surface area (Å²) in [7, 11) is 0. The normalized spacial score (nSPS) is 23.7. The topological polar surface area (TPSA) is 72.2 Å². The highest BCUT2D eigenvalue weighted by Crippen LogP contribution is 2.39. The summed E-state index contributed by atoms with van der Waals surface area (Å²) in [6.07, 6.45) is 5.31. The molecule has 0 spiro atoms. The number of nitrogens with one attached hydrogen (secondary N) is 1. The predicted octanol–water partition coefficient (Wildman–Crippen LogP) is 4.54. The van der Waals surface area contributed by atoms with Crippen LogP contribution in [0.4, 0.5) is 0 Å². The van der Waals surface area contributed by atoms with Gasteiger partial charge in [-0.15, -0.1) is 12.4 Å². The Bertz CT molecular complexity index is 633. The fraction of sp³-hybridized carbons (Fsp3) is 0.667. The molecule has 0 bridgehead atoms. The Balaban J connectivity index is 0.00000420. The molecule has 4 nitrogen and oxygen atoms in total. The Hall–Kier alpha value is -1.39. The summed E-state index contributed by atoms with van der Waals surface area (Å²) in [5.74, 6) is 2.06. The molecule has 3 N–H and O–H groups in total. The van der Waals surface area contributed by atoms with Crippen molar-refractivity contribution < 1.29 is 9.59 Å². The van der Waals surface area contributed by atoms with Crippen LogP contribution >= 0.6 is 12.4 Å². The maximum atomic E-state index is 13.1. The van der Waals surface area contributed by atoms with E-state index in [1.807, 2.05) is 18.2 Å². The first-order valence-corrected chi connectivity index (χ1v) is 10.9. The first-order chi connectivity index (χ1) is 13.3. The van der Waals surface area contributed by atoms with Crippen molar-refractivity contribution >= 4 is 24.1 Å². The third kappa shape index (κ3) is 8.10. The number of amides is 1. The van der Waals surface area contributed by atoms with Crippen molar-refractivity contribution in [3.8, 4) is 0 Å². The molecule has 0 saturated heterocycles. The molecule has 1 fully saturated rings. The van der Waals surface area contributed by atoms with Crippen LogP contribution in [0.1, 0.15) is 65.4 Å². The average molecular weight is 423 g/mol. The van der Waals surface area contributed by atoms with Crippen molar-refractivity contribution in [3.63, 3.8) is 0 Å². The van der Waals surface area contributed by atoms with E-state index in [9.17, 15) is 9.59 Å². The highest BCUT2D eigenvalue weighted by atomic mass is 35.5. The van der Waals surface area contributed by atoms with Crippen molar-refractivity contribution in [3.05, 3.63) is 35.9 Å². The molecule has 0 radical (unpaired) electrons. The van der Waals surface area contributed by atoms with Crippen LogP contribution in [0.3, 0.4) is 0 Å². The second-order valence-electron chi connectivity index (χ2n) is 9.12. The van der Waals surface area contributed by atoms with Gasteiger partial charge in [-0.05, 0) is 55.9 Å². The minimum atomic E-state index is -0.543. The van der Waals surface area contributed by atoms with Gasteiger partial charge in [0, 0.05) is 18.4 Å². The lowest BCUT2D eigenvalue weighted by atomic mass is 9.68. The van der Waals surface area contributed by atoms with Crippen LogP contribution in [0.25, 0.3) is 0 Å². The zero-order valence-electron chi connectivity index (χ0n) is 18.4. The molecule has 1 saturated carbocycles. The Morgan fingerprint density at radius 1 is 1.14 bits per heavy atom. The number of hydrogen-bond acceptors (Lipinski definition) is 3. The maximum Gasteiger partial charge on any atom is 0.236 e. The van der Waals surface area contributed by atoms with Gasteiger partial charge in [-0.1, -0.05) is 57.5 Å². The lowest BCUT2D eigenvalue weighted by molar-refractivity contribution is -0.128. The van der Waals surface area contributed by atoms with Gasteiger partial charge in [-0.25, -0.2) is 0 Å². The minimum Gasteiger partial charge on any atom is -0.352 e. The van der Waals surface area contributed by atoms with Crippen LogP contribution in [-0.2, 0) is 16.0 Å². The van der Waals surface area contributed by atoms with E-state index in [0.717, 1.165) is 24.8 Å². The standard InChI is InChI=1S/C24H38N2O2.ClH/c1-16(2)21-12-10-17(3)14-22(21)23(27)13-11-20(26-24(28)18(4)25)15-19-8-6-5-7-9-19;/h5-9,16-18,20-22H,10-15,25H2,1-4H3,(H,26,28);1H/t17-,18+,20-,21+,22-;/m1./s1. The van der Waals surface area contributed by atoms with Crippen molar-refractivity contribution in [1.82, 2.24) is 5.32 Å². The van der Waals surface area contributed by atoms with Gasteiger partial charge in [0.2, 0.25) is 5.91 Å². The number of Topliss-reactive ketones (excluding diaryl/α,β-unsaturated/α-hetero) is 1. The lowest BCUT2D eigenvalue weighted by Gasteiger charge is -2.36. The Morgan fingerprint density at radius 3 is 2.38 bits per heavy atom. The quantitative estimate of drug-likeness (QED) is 0.613. The highest BCUT2D eigenvalue weighted by molar-refractivity contribution is 5.85. The SMILES string of the molecule is CC(C)[C@@H]1CC[C@@H](C)C[C@H]1C(=O)CC[C@H](Cc1ccccc1)NC(=O)[C@H](C)N.Cl. The van der Waals surface area contributed by atoms with Crippen LogP contribution in [0.5, 0.6) is 0 Å². The molecule has 0 unspecified atom stereocenters. The van der Waals surface area contributed by atoms with E-state index in [1.54, 1.807) is 6.92 Å². The molecule has 1 aliphatic rings. The summed E-state index contributed by atoms with van der Waals surface area (Å²) in [5.41, 5.74) is 6.90. The first-order valence-electron chi connectivity index (χ1n) is 10.9. The largest absolute Gasteiger partial charge is 0.352 e. The second-order valence-corrected chi connectivity index (χ2v) is 9.12. The molecule has 0 aromatic heterocycles. The van der Waals surface area contributed by atoms with Crippen molar-refractivity contribution in [1.29, 1.82) is 0 Å². The highest BCUT2D eigenvalue weighted by Gasteiger charge is 2.35. The van der Waals surface area contributed by atoms with E-state index >= 15 is 0 Å². The number of nitrogens with two attached hydrogens (primary N) is 1. The Labute approximate surface area is 182 Å². The molecule has 1 aromatic carbocycles. The molecule has 1 aliphatic carbocycles. The smallest absolute Gasteiger partial charge is 0.236 e. The monoisotopic (exact) mass is 422 g/mol. The molecular weight excluding hydrogens is 384 g/mol. The molecule has 0 heterocycles. The van der Waals surface area contributed by atoms with E-state index in [4.69, 9.17) is 5.73 Å². The van der Waals surface area contributed by atoms with Gasteiger partial charge >= 0.3 is 0 Å². The van der Waals surface area contributed by atoms with Crippen LogP contribution < -0.4 is 11.1 Å². The van der Waals surface area contributed by atoms with Gasteiger partial charge in [0.15, 0.2) is 0 Å². The number of halogens is 1. The van der Waals surface area contributed by atoms with Gasteiger partial charge < -0.3 is 11.1 Å². The van der Waals surface area contributed by atoms with Crippen LogP contribution in [-0.4, -0.2) is 23.8 Å².